The predicted molar refractivity (Wildman–Crippen MR) is 102 cm³/mol. The third kappa shape index (κ3) is 4.59. The van der Waals surface area contributed by atoms with Gasteiger partial charge in [-0.05, 0) is 49.2 Å². The largest absolute Gasteiger partial charge is 0.366 e. The van der Waals surface area contributed by atoms with Crippen LogP contribution in [0, 0.1) is 5.82 Å². The van der Waals surface area contributed by atoms with Crippen LogP contribution >= 0.6 is 11.3 Å². The van der Waals surface area contributed by atoms with Crippen LogP contribution in [0.25, 0.3) is 11.3 Å². The van der Waals surface area contributed by atoms with Gasteiger partial charge in [-0.25, -0.2) is 4.39 Å². The lowest BCUT2D eigenvalue weighted by atomic mass is 10.1. The van der Waals surface area contributed by atoms with Crippen molar-refractivity contribution in [3.63, 3.8) is 0 Å². The van der Waals surface area contributed by atoms with Gasteiger partial charge in [0.15, 0.2) is 0 Å². The van der Waals surface area contributed by atoms with E-state index < -0.39 is 5.91 Å². The van der Waals surface area contributed by atoms with Gasteiger partial charge in [0.25, 0.3) is 5.91 Å². The van der Waals surface area contributed by atoms with Crippen LogP contribution in [0.2, 0.25) is 0 Å². The number of H-pyrrole nitrogens is 1. The van der Waals surface area contributed by atoms with Crippen LogP contribution < -0.4 is 5.73 Å². The minimum Gasteiger partial charge on any atom is -0.366 e. The quantitative estimate of drug-likeness (QED) is 0.654. The Balaban J connectivity index is 1.52. The van der Waals surface area contributed by atoms with Crippen molar-refractivity contribution in [3.8, 4) is 11.3 Å². The van der Waals surface area contributed by atoms with E-state index in [0.29, 0.717) is 17.0 Å². The molecule has 6 nitrogen and oxygen atoms in total. The first-order valence-corrected chi connectivity index (χ1v) is 9.26. The lowest BCUT2D eigenvalue weighted by molar-refractivity contribution is 0.0798. The fourth-order valence-electron chi connectivity index (χ4n) is 2.63. The maximum atomic E-state index is 13.0. The van der Waals surface area contributed by atoms with Gasteiger partial charge in [0.2, 0.25) is 5.91 Å². The van der Waals surface area contributed by atoms with Crippen LogP contribution in [-0.4, -0.2) is 40.5 Å². The molecule has 3 N–H and O–H groups in total. The molecule has 27 heavy (non-hydrogen) atoms. The number of nitrogens with zero attached hydrogens (tertiary/aromatic N) is 2. The highest BCUT2D eigenvalue weighted by molar-refractivity contribution is 7.12. The summed E-state index contributed by atoms with van der Waals surface area (Å²) >= 11 is 1.21. The van der Waals surface area contributed by atoms with Gasteiger partial charge in [0, 0.05) is 30.2 Å². The molecule has 140 valence electrons. The number of aromatic nitrogens is 2. The Labute approximate surface area is 159 Å². The molecule has 2 aromatic heterocycles. The number of carbonyl (C=O) groups is 2. The molecule has 0 radical (unpaired) electrons. The Morgan fingerprint density at radius 1 is 1.26 bits per heavy atom. The number of aromatic amines is 1. The number of halogens is 1. The molecule has 1 aromatic carbocycles. The van der Waals surface area contributed by atoms with Crippen molar-refractivity contribution in [1.82, 2.24) is 15.1 Å². The van der Waals surface area contributed by atoms with Crippen LogP contribution in [0.3, 0.4) is 0 Å². The molecule has 2 heterocycles. The zero-order valence-electron chi connectivity index (χ0n) is 14.7. The van der Waals surface area contributed by atoms with Gasteiger partial charge in [-0.2, -0.15) is 5.10 Å². The lowest BCUT2D eigenvalue weighted by Crippen LogP contribution is -2.27. The number of primary amides is 1. The van der Waals surface area contributed by atoms with Gasteiger partial charge in [0.05, 0.1) is 16.1 Å². The Bertz CT molecular complexity index is 949. The van der Waals surface area contributed by atoms with Gasteiger partial charge in [-0.15, -0.1) is 11.3 Å². The average molecular weight is 386 g/mol. The summed E-state index contributed by atoms with van der Waals surface area (Å²) in [4.78, 5) is 25.6. The van der Waals surface area contributed by atoms with Crippen LogP contribution in [0.5, 0.6) is 0 Å². The zero-order chi connectivity index (χ0) is 19.4. The Morgan fingerprint density at radius 3 is 2.67 bits per heavy atom. The van der Waals surface area contributed by atoms with E-state index in [-0.39, 0.29) is 11.7 Å². The second-order valence-electron chi connectivity index (χ2n) is 6.18. The number of hydrogen-bond acceptors (Lipinski definition) is 4. The fourth-order valence-corrected chi connectivity index (χ4v) is 3.52. The molecule has 0 unspecified atom stereocenters. The fraction of sp³-hybridized carbons (Fsp3) is 0.211. The topological polar surface area (TPSA) is 92.1 Å². The third-order valence-electron chi connectivity index (χ3n) is 4.15. The second-order valence-corrected chi connectivity index (χ2v) is 7.09. The summed E-state index contributed by atoms with van der Waals surface area (Å²) in [6.45, 7) is 0.563. The number of aryl methyl sites for hydroxylation is 1. The Morgan fingerprint density at radius 2 is 2.00 bits per heavy atom. The minimum atomic E-state index is -0.538. The maximum absolute atomic E-state index is 13.0. The second kappa shape index (κ2) is 8.13. The van der Waals surface area contributed by atoms with E-state index in [4.69, 9.17) is 5.73 Å². The lowest BCUT2D eigenvalue weighted by Gasteiger charge is -2.15. The molecule has 0 saturated carbocycles. The van der Waals surface area contributed by atoms with E-state index in [2.05, 4.69) is 10.2 Å². The molecule has 3 aromatic rings. The molecule has 0 spiro atoms. The zero-order valence-corrected chi connectivity index (χ0v) is 15.6. The van der Waals surface area contributed by atoms with Crippen molar-refractivity contribution in [2.75, 3.05) is 13.6 Å². The number of thiophene rings is 1. The molecule has 0 atom stereocenters. The highest BCUT2D eigenvalue weighted by Crippen LogP contribution is 2.19. The molecule has 8 heteroatoms. The van der Waals surface area contributed by atoms with Crippen molar-refractivity contribution in [3.05, 3.63) is 63.7 Å². The first-order chi connectivity index (χ1) is 12.9. The van der Waals surface area contributed by atoms with Gasteiger partial charge < -0.3 is 10.6 Å². The number of nitrogens with one attached hydrogen (secondary N) is 1. The SMILES string of the molecule is CN(CCCc1cc(-c2ccc(F)cc2)n[nH]1)C(=O)c1cc(C(N)=O)cs1. The first kappa shape index (κ1) is 18.8. The van der Waals surface area contributed by atoms with Gasteiger partial charge >= 0.3 is 0 Å². The summed E-state index contributed by atoms with van der Waals surface area (Å²) in [7, 11) is 1.73. The number of amides is 2. The molecule has 0 aliphatic heterocycles. The molecule has 0 fully saturated rings. The van der Waals surface area contributed by atoms with Crippen molar-refractivity contribution in [2.24, 2.45) is 5.73 Å². The molecule has 0 aliphatic rings. The van der Waals surface area contributed by atoms with Gasteiger partial charge in [-0.1, -0.05) is 0 Å². The summed E-state index contributed by atoms with van der Waals surface area (Å²) < 4.78 is 13.0. The summed E-state index contributed by atoms with van der Waals surface area (Å²) in [5, 5.41) is 8.81. The average Bonchev–Trinajstić information content (AvgIpc) is 3.31. The number of rotatable bonds is 7. The van der Waals surface area contributed by atoms with Crippen LogP contribution in [-0.2, 0) is 6.42 Å². The molecule has 2 amide bonds. The number of nitrogens with two attached hydrogens (primary N) is 1. The van der Waals surface area contributed by atoms with Gasteiger partial charge in [-0.3, -0.25) is 14.7 Å². The van der Waals surface area contributed by atoms with Crippen LogP contribution in [0.15, 0.2) is 41.8 Å². The minimum absolute atomic E-state index is 0.135. The molecule has 0 saturated heterocycles. The molecule has 3 rings (SSSR count). The summed E-state index contributed by atoms with van der Waals surface area (Å²) in [6, 6.07) is 9.62. The van der Waals surface area contributed by atoms with E-state index in [1.165, 1.54) is 29.5 Å². The number of benzene rings is 1. The first-order valence-electron chi connectivity index (χ1n) is 8.38. The standard InChI is InChI=1S/C19H19FN4O2S/c1-24(19(26)17-9-13(11-27-17)18(21)25)8-2-3-15-10-16(23-22-15)12-4-6-14(20)7-5-12/h4-7,9-11H,2-3,8H2,1H3,(H2,21,25)(H,22,23). The summed E-state index contributed by atoms with van der Waals surface area (Å²) in [6.07, 6.45) is 1.48. The molecule has 0 aliphatic carbocycles. The summed E-state index contributed by atoms with van der Waals surface area (Å²) in [5.74, 6) is -0.954. The number of carbonyl (C=O) groups excluding carboxylic acids is 2. The molecular formula is C19H19FN4O2S. The van der Waals surface area contributed by atoms with Crippen LogP contribution in [0.4, 0.5) is 4.39 Å². The van der Waals surface area contributed by atoms with Crippen molar-refractivity contribution >= 4 is 23.2 Å². The smallest absolute Gasteiger partial charge is 0.263 e. The van der Waals surface area contributed by atoms with E-state index in [1.807, 2.05) is 6.07 Å². The Kier molecular flexibility index (Phi) is 5.66. The predicted octanol–water partition coefficient (Wildman–Crippen LogP) is 3.08. The third-order valence-corrected chi connectivity index (χ3v) is 5.07. The van der Waals surface area contributed by atoms with E-state index in [0.717, 1.165) is 29.8 Å². The maximum Gasteiger partial charge on any atom is 0.263 e. The van der Waals surface area contributed by atoms with E-state index >= 15 is 0 Å². The van der Waals surface area contributed by atoms with Crippen molar-refractivity contribution in [1.29, 1.82) is 0 Å². The molecule has 0 bridgehead atoms. The van der Waals surface area contributed by atoms with Crippen molar-refractivity contribution < 1.29 is 14.0 Å². The Hall–Kier alpha value is -3.00. The van der Waals surface area contributed by atoms with Crippen LogP contribution in [0.1, 0.15) is 32.1 Å². The highest BCUT2D eigenvalue weighted by atomic mass is 32.1. The van der Waals surface area contributed by atoms with Crippen molar-refractivity contribution in [2.45, 2.75) is 12.8 Å². The summed E-state index contributed by atoms with van der Waals surface area (Å²) in [5.41, 5.74) is 8.11. The molecular weight excluding hydrogens is 367 g/mol. The normalized spacial score (nSPS) is 10.7. The highest BCUT2D eigenvalue weighted by Gasteiger charge is 2.15. The van der Waals surface area contributed by atoms with E-state index in [1.54, 1.807) is 29.5 Å². The van der Waals surface area contributed by atoms with E-state index in [9.17, 15) is 14.0 Å². The number of hydrogen-bond donors (Lipinski definition) is 2. The van der Waals surface area contributed by atoms with Gasteiger partial charge in [0.1, 0.15) is 5.82 Å². The monoisotopic (exact) mass is 386 g/mol.